The average molecular weight is 250 g/mol. The van der Waals surface area contributed by atoms with E-state index in [9.17, 15) is 18.0 Å². The quantitative estimate of drug-likeness (QED) is 0.762. The van der Waals surface area contributed by atoms with Gasteiger partial charge in [0.25, 0.3) is 0 Å². The van der Waals surface area contributed by atoms with Gasteiger partial charge in [-0.2, -0.15) is 13.2 Å². The normalized spacial score (nSPS) is 29.0. The van der Waals surface area contributed by atoms with Crippen molar-refractivity contribution in [2.24, 2.45) is 5.92 Å². The van der Waals surface area contributed by atoms with Crippen molar-refractivity contribution in [2.45, 2.75) is 44.3 Å². The molecule has 2 aliphatic rings. The van der Waals surface area contributed by atoms with Crippen molar-refractivity contribution in [3.63, 3.8) is 0 Å². The second-order valence-electron chi connectivity index (χ2n) is 4.89. The van der Waals surface area contributed by atoms with E-state index in [1.54, 1.807) is 4.90 Å². The molecule has 2 rings (SSSR count). The Morgan fingerprint density at radius 1 is 1.24 bits per heavy atom. The van der Waals surface area contributed by atoms with Crippen molar-refractivity contribution >= 4 is 6.03 Å². The highest BCUT2D eigenvalue weighted by Crippen LogP contribution is 2.35. The molecule has 0 radical (unpaired) electrons. The van der Waals surface area contributed by atoms with Gasteiger partial charge in [0.2, 0.25) is 0 Å². The molecule has 1 N–H and O–H groups in total. The first kappa shape index (κ1) is 12.5. The molecule has 6 heteroatoms. The van der Waals surface area contributed by atoms with Crippen LogP contribution < -0.4 is 5.32 Å². The van der Waals surface area contributed by atoms with Crippen LogP contribution in [0.1, 0.15) is 32.1 Å². The molecule has 3 nitrogen and oxygen atoms in total. The van der Waals surface area contributed by atoms with Gasteiger partial charge in [-0.25, -0.2) is 4.79 Å². The lowest BCUT2D eigenvalue weighted by Crippen LogP contribution is -2.61. The van der Waals surface area contributed by atoms with Crippen LogP contribution >= 0.6 is 0 Å². The third-order valence-corrected chi connectivity index (χ3v) is 3.65. The molecule has 17 heavy (non-hydrogen) atoms. The predicted octanol–water partition coefficient (Wildman–Crippen LogP) is 2.52. The molecule has 0 aromatic heterocycles. The maximum absolute atomic E-state index is 12.0. The number of rotatable bonds is 1. The van der Waals surface area contributed by atoms with Gasteiger partial charge in [-0.05, 0) is 18.8 Å². The van der Waals surface area contributed by atoms with Gasteiger partial charge in [-0.1, -0.05) is 19.3 Å². The van der Waals surface area contributed by atoms with Crippen molar-refractivity contribution in [3.05, 3.63) is 0 Å². The molecule has 1 aliphatic heterocycles. The molecule has 98 valence electrons. The van der Waals surface area contributed by atoms with Crippen molar-refractivity contribution < 1.29 is 18.0 Å². The summed E-state index contributed by atoms with van der Waals surface area (Å²) < 4.78 is 35.9. The number of carbonyl (C=O) groups excluding carboxylic acids is 1. The number of nitrogens with one attached hydrogen (secondary N) is 1. The first-order chi connectivity index (χ1) is 7.97. The van der Waals surface area contributed by atoms with Gasteiger partial charge in [0.05, 0.1) is 0 Å². The fraction of sp³-hybridized carbons (Fsp3) is 0.909. The maximum atomic E-state index is 12.0. The van der Waals surface area contributed by atoms with Crippen LogP contribution in [0.25, 0.3) is 0 Å². The van der Waals surface area contributed by atoms with Gasteiger partial charge in [0.15, 0.2) is 0 Å². The third-order valence-electron chi connectivity index (χ3n) is 3.65. The number of nitrogens with zero attached hydrogens (tertiary/aromatic N) is 1. The minimum Gasteiger partial charge on any atom is -0.329 e. The van der Waals surface area contributed by atoms with Crippen LogP contribution in [0.15, 0.2) is 0 Å². The summed E-state index contributed by atoms with van der Waals surface area (Å²) in [4.78, 5) is 13.1. The summed E-state index contributed by atoms with van der Waals surface area (Å²) in [6.45, 7) is -0.617. The molecule has 0 unspecified atom stereocenters. The summed E-state index contributed by atoms with van der Waals surface area (Å²) in [5.41, 5.74) is 0. The standard InChI is InChI=1S/C11H17F3N2O/c12-11(13,14)7-15-10(17)16-6-8-4-2-1-3-5-9(8)16/h8-9H,1-7H2,(H,15,17)/t8-,9-/m0/s1. The van der Waals surface area contributed by atoms with Gasteiger partial charge in [0, 0.05) is 12.6 Å². The molecule has 1 saturated carbocycles. The molecule has 2 atom stereocenters. The Hall–Kier alpha value is -0.940. The zero-order valence-electron chi connectivity index (χ0n) is 9.59. The predicted molar refractivity (Wildman–Crippen MR) is 56.5 cm³/mol. The molecule has 1 aliphatic carbocycles. The maximum Gasteiger partial charge on any atom is 0.405 e. The molecule has 0 aromatic carbocycles. The Labute approximate surface area is 98.3 Å². The van der Waals surface area contributed by atoms with Crippen LogP contribution in [-0.4, -0.2) is 36.2 Å². The van der Waals surface area contributed by atoms with Gasteiger partial charge in [-0.3, -0.25) is 0 Å². The number of likely N-dealkylation sites (tertiary alicyclic amines) is 1. The smallest absolute Gasteiger partial charge is 0.329 e. The second kappa shape index (κ2) is 4.74. The van der Waals surface area contributed by atoms with Crippen molar-refractivity contribution in [1.82, 2.24) is 10.2 Å². The number of carbonyl (C=O) groups is 1. The zero-order valence-corrected chi connectivity index (χ0v) is 9.59. The highest BCUT2D eigenvalue weighted by Gasteiger charge is 2.42. The number of alkyl halides is 3. The lowest BCUT2D eigenvalue weighted by atomic mass is 9.85. The monoisotopic (exact) mass is 250 g/mol. The lowest BCUT2D eigenvalue weighted by Gasteiger charge is -2.47. The fourth-order valence-corrected chi connectivity index (χ4v) is 2.75. The van der Waals surface area contributed by atoms with Gasteiger partial charge >= 0.3 is 12.2 Å². The third kappa shape index (κ3) is 3.04. The van der Waals surface area contributed by atoms with E-state index in [2.05, 4.69) is 0 Å². The number of amides is 2. The first-order valence-corrected chi connectivity index (χ1v) is 6.08. The average Bonchev–Trinajstić information content (AvgIpc) is 2.37. The number of hydrogen-bond acceptors (Lipinski definition) is 1. The Bertz CT molecular complexity index is 293. The highest BCUT2D eigenvalue weighted by molar-refractivity contribution is 5.75. The van der Waals surface area contributed by atoms with Gasteiger partial charge < -0.3 is 10.2 Å². The van der Waals surface area contributed by atoms with Crippen molar-refractivity contribution in [2.75, 3.05) is 13.1 Å². The summed E-state index contributed by atoms with van der Waals surface area (Å²) in [7, 11) is 0. The Morgan fingerprint density at radius 2 is 1.94 bits per heavy atom. The van der Waals surface area contributed by atoms with E-state index >= 15 is 0 Å². The van der Waals surface area contributed by atoms with Crippen LogP contribution in [-0.2, 0) is 0 Å². The van der Waals surface area contributed by atoms with Crippen LogP contribution in [0.4, 0.5) is 18.0 Å². The molecule has 0 spiro atoms. The zero-order chi connectivity index (χ0) is 12.5. The van der Waals surface area contributed by atoms with Crippen LogP contribution in [0, 0.1) is 5.92 Å². The van der Waals surface area contributed by atoms with Crippen LogP contribution in [0.3, 0.4) is 0 Å². The Morgan fingerprint density at radius 3 is 2.65 bits per heavy atom. The summed E-state index contributed by atoms with van der Waals surface area (Å²) in [5.74, 6) is 0.508. The summed E-state index contributed by atoms with van der Waals surface area (Å²) >= 11 is 0. The summed E-state index contributed by atoms with van der Waals surface area (Å²) in [6.07, 6.45) is 1.13. The van der Waals surface area contributed by atoms with E-state index in [-0.39, 0.29) is 6.04 Å². The molecule has 0 bridgehead atoms. The van der Waals surface area contributed by atoms with E-state index in [4.69, 9.17) is 0 Å². The molecule has 1 heterocycles. The van der Waals surface area contributed by atoms with Crippen molar-refractivity contribution in [3.8, 4) is 0 Å². The Kier molecular flexibility index (Phi) is 3.49. The largest absolute Gasteiger partial charge is 0.405 e. The van der Waals surface area contributed by atoms with Crippen molar-refractivity contribution in [1.29, 1.82) is 0 Å². The van der Waals surface area contributed by atoms with Crippen LogP contribution in [0.2, 0.25) is 0 Å². The minimum atomic E-state index is -4.33. The number of urea groups is 1. The summed E-state index contributed by atoms with van der Waals surface area (Å²) in [5, 5.41) is 1.94. The van der Waals surface area contributed by atoms with E-state index in [0.717, 1.165) is 19.3 Å². The minimum absolute atomic E-state index is 0.172. The number of hydrogen-bond donors (Lipinski definition) is 1. The summed E-state index contributed by atoms with van der Waals surface area (Å²) in [6, 6.07) is -0.392. The van der Waals surface area contributed by atoms with E-state index in [1.807, 2.05) is 5.32 Å². The first-order valence-electron chi connectivity index (χ1n) is 6.08. The van der Waals surface area contributed by atoms with E-state index in [0.29, 0.717) is 12.5 Å². The van der Waals surface area contributed by atoms with E-state index < -0.39 is 18.8 Å². The molecule has 1 saturated heterocycles. The molecular weight excluding hydrogens is 233 g/mol. The second-order valence-corrected chi connectivity index (χ2v) is 4.89. The molecule has 2 fully saturated rings. The van der Waals surface area contributed by atoms with Gasteiger partial charge in [-0.15, -0.1) is 0 Å². The molecule has 0 aromatic rings. The molecule has 2 amide bonds. The SMILES string of the molecule is O=C(NCC(F)(F)F)N1C[C@@H]2CCCCC[C@@H]21. The van der Waals surface area contributed by atoms with Crippen LogP contribution in [0.5, 0.6) is 0 Å². The topological polar surface area (TPSA) is 32.3 Å². The van der Waals surface area contributed by atoms with E-state index in [1.165, 1.54) is 12.8 Å². The highest BCUT2D eigenvalue weighted by atomic mass is 19.4. The number of fused-ring (bicyclic) bond motifs is 1. The number of halogens is 3. The lowest BCUT2D eigenvalue weighted by molar-refractivity contribution is -0.123. The Balaban J connectivity index is 1.81. The molecular formula is C11H17F3N2O. The van der Waals surface area contributed by atoms with Gasteiger partial charge in [0.1, 0.15) is 6.54 Å². The fourth-order valence-electron chi connectivity index (χ4n) is 2.75.